The summed E-state index contributed by atoms with van der Waals surface area (Å²) in [5.74, 6) is 0.476. The Labute approximate surface area is 127 Å². The molecule has 4 heteroatoms. The van der Waals surface area contributed by atoms with Crippen molar-refractivity contribution in [2.75, 3.05) is 13.2 Å². The molecular formula is C17H27FN2O. The summed E-state index contributed by atoms with van der Waals surface area (Å²) < 4.78 is 20.4. The van der Waals surface area contributed by atoms with Crippen LogP contribution < -0.4 is 5.32 Å². The quantitative estimate of drug-likeness (QED) is 0.865. The Bertz CT molecular complexity index is 444. The lowest BCUT2D eigenvalue weighted by Gasteiger charge is -2.45. The molecule has 21 heavy (non-hydrogen) atoms. The minimum Gasteiger partial charge on any atom is -0.373 e. The molecular weight excluding hydrogens is 267 g/mol. The van der Waals surface area contributed by atoms with Gasteiger partial charge in [-0.05, 0) is 51.1 Å². The van der Waals surface area contributed by atoms with E-state index in [0.29, 0.717) is 12.2 Å². The average molecular weight is 294 g/mol. The van der Waals surface area contributed by atoms with Gasteiger partial charge in [0.15, 0.2) is 0 Å². The summed E-state index contributed by atoms with van der Waals surface area (Å²) in [7, 11) is 0. The lowest BCUT2D eigenvalue weighted by atomic mass is 9.73. The lowest BCUT2D eigenvalue weighted by Crippen LogP contribution is -2.48. The van der Waals surface area contributed by atoms with Crippen LogP contribution in [-0.2, 0) is 4.74 Å². The van der Waals surface area contributed by atoms with E-state index in [1.165, 1.54) is 6.20 Å². The van der Waals surface area contributed by atoms with Crippen LogP contribution in [0.1, 0.15) is 58.1 Å². The van der Waals surface area contributed by atoms with E-state index >= 15 is 0 Å². The Morgan fingerprint density at radius 3 is 2.71 bits per heavy atom. The van der Waals surface area contributed by atoms with Crippen molar-refractivity contribution < 1.29 is 9.13 Å². The number of rotatable bonds is 6. The highest BCUT2D eigenvalue weighted by atomic mass is 19.1. The molecule has 0 bridgehead atoms. The molecule has 0 spiro atoms. The number of hydrogen-bond acceptors (Lipinski definition) is 3. The maximum absolute atomic E-state index is 14.2. The number of ether oxygens (including phenoxy) is 1. The summed E-state index contributed by atoms with van der Waals surface area (Å²) in [4.78, 5) is 3.87. The summed E-state index contributed by atoms with van der Waals surface area (Å²) in [5, 5.41) is 3.46. The first-order valence-electron chi connectivity index (χ1n) is 8.09. The molecule has 0 aromatic carbocycles. The van der Waals surface area contributed by atoms with E-state index in [1.807, 2.05) is 6.92 Å². The maximum Gasteiger partial charge on any atom is 0.146 e. The van der Waals surface area contributed by atoms with Crippen LogP contribution in [0.4, 0.5) is 4.39 Å². The smallest absolute Gasteiger partial charge is 0.146 e. The van der Waals surface area contributed by atoms with Crippen LogP contribution in [0.5, 0.6) is 0 Å². The van der Waals surface area contributed by atoms with Gasteiger partial charge in [0.2, 0.25) is 0 Å². The number of pyridine rings is 1. The molecule has 1 atom stereocenters. The predicted molar refractivity (Wildman–Crippen MR) is 82.6 cm³/mol. The van der Waals surface area contributed by atoms with Gasteiger partial charge in [-0.15, -0.1) is 0 Å². The van der Waals surface area contributed by atoms with Crippen LogP contribution in [-0.4, -0.2) is 23.7 Å². The van der Waals surface area contributed by atoms with Crippen LogP contribution in [0.15, 0.2) is 18.5 Å². The fourth-order valence-electron chi connectivity index (χ4n) is 3.46. The van der Waals surface area contributed by atoms with Crippen molar-refractivity contribution in [1.29, 1.82) is 0 Å². The Morgan fingerprint density at radius 2 is 2.14 bits per heavy atom. The van der Waals surface area contributed by atoms with Gasteiger partial charge in [-0.2, -0.15) is 0 Å². The second-order valence-corrected chi connectivity index (χ2v) is 6.07. The van der Waals surface area contributed by atoms with Gasteiger partial charge in [-0.25, -0.2) is 4.39 Å². The van der Waals surface area contributed by atoms with E-state index in [0.717, 1.165) is 38.1 Å². The summed E-state index contributed by atoms with van der Waals surface area (Å²) in [6.45, 7) is 7.80. The minimum atomic E-state index is -0.306. The third-order valence-corrected chi connectivity index (χ3v) is 4.60. The van der Waals surface area contributed by atoms with Crippen molar-refractivity contribution >= 4 is 0 Å². The summed E-state index contributed by atoms with van der Waals surface area (Å²) in [6.07, 6.45) is 7.17. The molecule has 1 N–H and O–H groups in total. The van der Waals surface area contributed by atoms with Crippen LogP contribution in [0.2, 0.25) is 0 Å². The molecule has 1 fully saturated rings. The number of nitrogens with one attached hydrogen (secondary N) is 1. The van der Waals surface area contributed by atoms with Crippen LogP contribution in [0.3, 0.4) is 0 Å². The van der Waals surface area contributed by atoms with Crippen LogP contribution >= 0.6 is 0 Å². The molecule has 0 radical (unpaired) electrons. The van der Waals surface area contributed by atoms with Crippen LogP contribution in [0.25, 0.3) is 0 Å². The second kappa shape index (κ2) is 7.32. The molecule has 1 unspecified atom stereocenters. The molecule has 1 aliphatic carbocycles. The van der Waals surface area contributed by atoms with Gasteiger partial charge in [-0.1, -0.05) is 13.8 Å². The predicted octanol–water partition coefficient (Wildman–Crippen LogP) is 3.86. The number of nitrogens with zero attached hydrogens (tertiary/aromatic N) is 1. The highest BCUT2D eigenvalue weighted by Crippen LogP contribution is 2.43. The summed E-state index contributed by atoms with van der Waals surface area (Å²) in [6, 6.07) is 1.67. The van der Waals surface area contributed by atoms with Gasteiger partial charge >= 0.3 is 0 Å². The number of halogens is 1. The zero-order valence-electron chi connectivity index (χ0n) is 13.4. The van der Waals surface area contributed by atoms with E-state index < -0.39 is 0 Å². The molecule has 1 aromatic rings. The van der Waals surface area contributed by atoms with Gasteiger partial charge in [0.05, 0.1) is 17.8 Å². The Balaban J connectivity index is 2.35. The molecule has 1 aromatic heterocycles. The Kier molecular flexibility index (Phi) is 5.71. The van der Waals surface area contributed by atoms with E-state index in [1.54, 1.807) is 12.3 Å². The first-order valence-corrected chi connectivity index (χ1v) is 8.09. The van der Waals surface area contributed by atoms with Gasteiger partial charge in [0.25, 0.3) is 0 Å². The Hall–Kier alpha value is -1.00. The first-order chi connectivity index (χ1) is 10.1. The van der Waals surface area contributed by atoms with E-state index in [9.17, 15) is 4.39 Å². The number of aromatic nitrogens is 1. The largest absolute Gasteiger partial charge is 0.373 e. The van der Waals surface area contributed by atoms with Gasteiger partial charge in [0, 0.05) is 18.4 Å². The Morgan fingerprint density at radius 1 is 1.43 bits per heavy atom. The summed E-state index contributed by atoms with van der Waals surface area (Å²) >= 11 is 0. The molecule has 1 saturated carbocycles. The number of likely N-dealkylation sites (N-methyl/N-ethyl adjacent to an activating group) is 1. The zero-order valence-corrected chi connectivity index (χ0v) is 13.4. The van der Waals surface area contributed by atoms with Gasteiger partial charge in [-0.3, -0.25) is 4.98 Å². The van der Waals surface area contributed by atoms with E-state index in [4.69, 9.17) is 4.74 Å². The normalized spacial score (nSPS) is 27.5. The molecule has 1 heterocycles. The van der Waals surface area contributed by atoms with Crippen molar-refractivity contribution in [2.45, 2.75) is 58.1 Å². The zero-order chi connectivity index (χ0) is 15.3. The molecule has 0 saturated heterocycles. The van der Waals surface area contributed by atoms with E-state index in [2.05, 4.69) is 24.1 Å². The van der Waals surface area contributed by atoms with Crippen molar-refractivity contribution in [1.82, 2.24) is 10.3 Å². The third-order valence-electron chi connectivity index (χ3n) is 4.60. The summed E-state index contributed by atoms with van der Waals surface area (Å²) in [5.41, 5.74) is 0.370. The molecule has 1 aliphatic rings. The topological polar surface area (TPSA) is 34.2 Å². The third kappa shape index (κ3) is 3.61. The van der Waals surface area contributed by atoms with Crippen molar-refractivity contribution in [3.8, 4) is 0 Å². The minimum absolute atomic E-state index is 0.113. The first kappa shape index (κ1) is 16.4. The SMILES string of the molecule is CCNC(c1ccncc1F)C1(OCC)CCC(C)CC1. The average Bonchev–Trinajstić information content (AvgIpc) is 2.49. The van der Waals surface area contributed by atoms with Crippen molar-refractivity contribution in [2.24, 2.45) is 5.92 Å². The molecule has 118 valence electrons. The molecule has 2 rings (SSSR count). The van der Waals surface area contributed by atoms with Gasteiger partial charge in [0.1, 0.15) is 5.82 Å². The van der Waals surface area contributed by atoms with Gasteiger partial charge < -0.3 is 10.1 Å². The highest BCUT2D eigenvalue weighted by Gasteiger charge is 2.43. The standard InChI is InChI=1S/C17H27FN2O/c1-4-20-16(14-8-11-19-12-15(14)18)17(21-5-2)9-6-13(3)7-10-17/h8,11-13,16,20H,4-7,9-10H2,1-3H3. The van der Waals surface area contributed by atoms with Crippen LogP contribution in [0, 0.1) is 11.7 Å². The lowest BCUT2D eigenvalue weighted by molar-refractivity contribution is -0.0979. The maximum atomic E-state index is 14.2. The van der Waals surface area contributed by atoms with Crippen molar-refractivity contribution in [3.05, 3.63) is 29.8 Å². The fourth-order valence-corrected chi connectivity index (χ4v) is 3.46. The highest BCUT2D eigenvalue weighted by molar-refractivity contribution is 5.22. The van der Waals surface area contributed by atoms with E-state index in [-0.39, 0.29) is 17.5 Å². The molecule has 0 amide bonds. The monoisotopic (exact) mass is 294 g/mol. The molecule has 0 aliphatic heterocycles. The number of hydrogen-bond donors (Lipinski definition) is 1. The second-order valence-electron chi connectivity index (χ2n) is 6.07. The van der Waals surface area contributed by atoms with Crippen molar-refractivity contribution in [3.63, 3.8) is 0 Å². The molecule has 3 nitrogen and oxygen atoms in total. The fraction of sp³-hybridized carbons (Fsp3) is 0.706.